The summed E-state index contributed by atoms with van der Waals surface area (Å²) in [5, 5.41) is 5.17. The van der Waals surface area contributed by atoms with Gasteiger partial charge in [-0.1, -0.05) is 362 Å². The van der Waals surface area contributed by atoms with Gasteiger partial charge in [0.15, 0.2) is 0 Å². The predicted molar refractivity (Wildman–Crippen MR) is 431 cm³/mol. The standard InChI is InChI=1S/C88H164N4O14/c1-5-9-13-17-21-25-29-33-37-41-45-49-53-57-73-101-81(93)61-67-91(68-62-82(94)102-74-58-54-50-46-42-38-34-30-26-22-18-14-10-6-2)71-65-85(97)105-77-79-87(99)90-80(88(100)89-79)78-106-86(98)66-72-92(69-63-83(95)103-75-59-55-51-47-43-39-35-31-27-23-19-15-11-7-3)70-64-84(96)104-76-60-56-52-48-44-40-36-32-28-24-20-16-12-8-4/h79-80H,5-78H2,1-4H3,(H,89,100)(H,90,99). The molecule has 0 aromatic carbocycles. The van der Waals surface area contributed by atoms with E-state index in [2.05, 4.69) is 38.3 Å². The first-order valence-corrected chi connectivity index (χ1v) is 44.9. The van der Waals surface area contributed by atoms with Crippen LogP contribution in [0.1, 0.15) is 426 Å². The molecule has 1 heterocycles. The van der Waals surface area contributed by atoms with Crippen LogP contribution in [0.15, 0.2) is 0 Å². The summed E-state index contributed by atoms with van der Waals surface area (Å²) in [4.78, 5) is 108. The summed E-state index contributed by atoms with van der Waals surface area (Å²) < 4.78 is 33.3. The number of hydrogen-bond acceptors (Lipinski definition) is 16. The smallest absolute Gasteiger partial charge is 0.307 e. The van der Waals surface area contributed by atoms with E-state index < -0.39 is 49.1 Å². The molecule has 620 valence electrons. The van der Waals surface area contributed by atoms with Crippen LogP contribution < -0.4 is 10.6 Å². The monoisotopic (exact) mass is 1500 g/mol. The lowest BCUT2D eigenvalue weighted by Crippen LogP contribution is -2.64. The van der Waals surface area contributed by atoms with Gasteiger partial charge in [-0.15, -0.1) is 0 Å². The van der Waals surface area contributed by atoms with Crippen LogP contribution in [0.2, 0.25) is 0 Å². The van der Waals surface area contributed by atoms with Gasteiger partial charge in [-0.2, -0.15) is 0 Å². The molecule has 18 heteroatoms. The average molecular weight is 1500 g/mol. The second-order valence-electron chi connectivity index (χ2n) is 30.9. The van der Waals surface area contributed by atoms with Gasteiger partial charge >= 0.3 is 35.8 Å². The highest BCUT2D eigenvalue weighted by Crippen LogP contribution is 2.19. The number of rotatable bonds is 82. The zero-order valence-corrected chi connectivity index (χ0v) is 69.1. The molecule has 1 aliphatic rings. The molecule has 2 amide bonds. The second kappa shape index (κ2) is 77.4. The topological polar surface area (TPSA) is 222 Å². The van der Waals surface area contributed by atoms with Crippen molar-refractivity contribution in [3.63, 3.8) is 0 Å². The van der Waals surface area contributed by atoms with Crippen LogP contribution in [0.4, 0.5) is 0 Å². The lowest BCUT2D eigenvalue weighted by atomic mass is 10.0. The molecule has 0 spiro atoms. The number of unbranched alkanes of at least 4 members (excludes halogenated alkanes) is 52. The summed E-state index contributed by atoms with van der Waals surface area (Å²) in [5.74, 6) is -3.86. The van der Waals surface area contributed by atoms with Crippen molar-refractivity contribution in [1.29, 1.82) is 0 Å². The minimum atomic E-state index is -1.19. The molecule has 0 saturated carbocycles. The van der Waals surface area contributed by atoms with Crippen LogP contribution in [0.5, 0.6) is 0 Å². The van der Waals surface area contributed by atoms with Crippen molar-refractivity contribution in [2.75, 3.05) is 78.9 Å². The van der Waals surface area contributed by atoms with E-state index in [4.69, 9.17) is 28.4 Å². The van der Waals surface area contributed by atoms with Crippen LogP contribution in [0.25, 0.3) is 0 Å². The fraction of sp³-hybridized carbons (Fsp3) is 0.909. The molecule has 18 nitrogen and oxygen atoms in total. The van der Waals surface area contributed by atoms with Gasteiger partial charge < -0.3 is 48.9 Å². The molecule has 0 radical (unpaired) electrons. The predicted octanol–water partition coefficient (Wildman–Crippen LogP) is 21.1. The van der Waals surface area contributed by atoms with E-state index in [1.165, 1.54) is 283 Å². The van der Waals surface area contributed by atoms with E-state index in [1.54, 1.807) is 0 Å². The highest BCUT2D eigenvalue weighted by atomic mass is 16.6. The van der Waals surface area contributed by atoms with Crippen molar-refractivity contribution in [2.24, 2.45) is 0 Å². The molecule has 1 rings (SSSR count). The Morgan fingerprint density at radius 2 is 0.368 bits per heavy atom. The minimum Gasteiger partial charge on any atom is -0.466 e. The summed E-state index contributed by atoms with van der Waals surface area (Å²) >= 11 is 0. The van der Waals surface area contributed by atoms with E-state index >= 15 is 0 Å². The third-order valence-electron chi connectivity index (χ3n) is 20.9. The Labute approximate surface area is 648 Å². The van der Waals surface area contributed by atoms with Gasteiger partial charge in [0.25, 0.3) is 0 Å². The molecule has 0 aromatic heterocycles. The first kappa shape index (κ1) is 99.7. The fourth-order valence-corrected chi connectivity index (χ4v) is 13.8. The molecule has 0 bridgehead atoms. The molecule has 1 saturated heterocycles. The van der Waals surface area contributed by atoms with Crippen molar-refractivity contribution >= 4 is 47.6 Å². The first-order valence-electron chi connectivity index (χ1n) is 44.9. The zero-order valence-electron chi connectivity index (χ0n) is 69.1. The summed E-state index contributed by atoms with van der Waals surface area (Å²) in [5.41, 5.74) is 0. The Balaban J connectivity index is 2.67. The highest BCUT2D eigenvalue weighted by Gasteiger charge is 2.35. The quantitative estimate of drug-likeness (QED) is 0.0328. The molecule has 0 aromatic rings. The number of esters is 6. The molecule has 1 fully saturated rings. The number of amides is 2. The zero-order chi connectivity index (χ0) is 76.9. The number of piperazine rings is 1. The average Bonchev–Trinajstić information content (AvgIpc) is 0.844. The van der Waals surface area contributed by atoms with E-state index in [9.17, 15) is 38.4 Å². The van der Waals surface area contributed by atoms with Gasteiger partial charge in [-0.25, -0.2) is 0 Å². The molecule has 2 atom stereocenters. The number of nitrogens with one attached hydrogen (secondary N) is 2. The Morgan fingerprint density at radius 1 is 0.226 bits per heavy atom. The molecule has 106 heavy (non-hydrogen) atoms. The van der Waals surface area contributed by atoms with Gasteiger partial charge in [0.2, 0.25) is 11.8 Å². The van der Waals surface area contributed by atoms with Crippen molar-refractivity contribution in [3.8, 4) is 0 Å². The molecule has 2 unspecified atom stereocenters. The van der Waals surface area contributed by atoms with Crippen molar-refractivity contribution in [2.45, 2.75) is 438 Å². The second-order valence-corrected chi connectivity index (χ2v) is 30.9. The van der Waals surface area contributed by atoms with Crippen LogP contribution in [-0.4, -0.2) is 148 Å². The maximum atomic E-state index is 13.3. The lowest BCUT2D eigenvalue weighted by Gasteiger charge is -2.29. The SMILES string of the molecule is CCCCCCCCCCCCCCCCOC(=O)CCN(CCC(=O)OCCCCCCCCCCCCCCCC)CCC(=O)OCC1NC(=O)C(COC(=O)CCN(CCC(=O)OCCCCCCCCCCCCCCCC)CCC(=O)OCCCCCCCCCCCCCCCC)NC1=O. The maximum Gasteiger partial charge on any atom is 0.307 e. The van der Waals surface area contributed by atoms with Crippen LogP contribution >= 0.6 is 0 Å². The molecule has 1 aliphatic heterocycles. The highest BCUT2D eigenvalue weighted by molar-refractivity contribution is 5.97. The molecule has 0 aliphatic carbocycles. The molecular formula is C88H164N4O14. The fourth-order valence-electron chi connectivity index (χ4n) is 13.8. The van der Waals surface area contributed by atoms with Crippen molar-refractivity contribution < 1.29 is 66.8 Å². The van der Waals surface area contributed by atoms with E-state index in [1.807, 2.05) is 9.80 Å². The number of carbonyl (C=O) groups is 8. The lowest BCUT2D eigenvalue weighted by molar-refractivity contribution is -0.152. The Bertz CT molecular complexity index is 1840. The largest absolute Gasteiger partial charge is 0.466 e. The van der Waals surface area contributed by atoms with Gasteiger partial charge in [0.05, 0.1) is 65.0 Å². The van der Waals surface area contributed by atoms with Crippen LogP contribution in [0, 0.1) is 0 Å². The normalized spacial score (nSPS) is 13.6. The van der Waals surface area contributed by atoms with Crippen molar-refractivity contribution in [3.05, 3.63) is 0 Å². The van der Waals surface area contributed by atoms with E-state index in [0.29, 0.717) is 26.4 Å². The third kappa shape index (κ3) is 67.8. The van der Waals surface area contributed by atoms with Crippen LogP contribution in [0.3, 0.4) is 0 Å². The number of nitrogens with zero attached hydrogens (tertiary/aromatic N) is 2. The Kier molecular flexibility index (Phi) is 72.8. The van der Waals surface area contributed by atoms with Crippen LogP contribution in [-0.2, 0) is 66.8 Å². The van der Waals surface area contributed by atoms with Gasteiger partial charge in [0, 0.05) is 39.3 Å². The molecule has 2 N–H and O–H groups in total. The summed E-state index contributed by atoms with van der Waals surface area (Å²) in [6.07, 6.45) is 69.6. The van der Waals surface area contributed by atoms with Crippen molar-refractivity contribution in [1.82, 2.24) is 20.4 Å². The first-order chi connectivity index (χ1) is 51.9. The number of ether oxygens (including phenoxy) is 6. The third-order valence-corrected chi connectivity index (χ3v) is 20.9. The summed E-state index contributed by atoms with van der Waals surface area (Å²) in [6.45, 7) is 10.9. The summed E-state index contributed by atoms with van der Waals surface area (Å²) in [7, 11) is 0. The van der Waals surface area contributed by atoms with E-state index in [-0.39, 0.29) is 102 Å². The Hall–Kier alpha value is -4.32. The minimum absolute atomic E-state index is 0.0836. The molecular weight excluding hydrogens is 1340 g/mol. The maximum absolute atomic E-state index is 13.3. The van der Waals surface area contributed by atoms with Gasteiger partial charge in [0.1, 0.15) is 25.3 Å². The number of hydrogen-bond donors (Lipinski definition) is 2. The summed E-state index contributed by atoms with van der Waals surface area (Å²) in [6, 6.07) is -2.37. The van der Waals surface area contributed by atoms with Gasteiger partial charge in [-0.05, 0) is 25.7 Å². The Morgan fingerprint density at radius 3 is 0.528 bits per heavy atom. The van der Waals surface area contributed by atoms with E-state index in [0.717, 1.165) is 77.0 Å². The van der Waals surface area contributed by atoms with Gasteiger partial charge in [-0.3, -0.25) is 38.4 Å². The number of carbonyl (C=O) groups excluding carboxylic acids is 8.